The fraction of sp³-hybridized carbons (Fsp3) is 0.385. The fourth-order valence-electron chi connectivity index (χ4n) is 4.83. The average Bonchev–Trinajstić information content (AvgIpc) is 3.12. The molecule has 2 aliphatic heterocycles. The maximum absolute atomic E-state index is 14.9. The maximum atomic E-state index is 14.9. The number of hydrogen-bond acceptors (Lipinski definition) is 5. The van der Waals surface area contributed by atoms with Crippen molar-refractivity contribution in [3.05, 3.63) is 81.0 Å². The lowest BCUT2D eigenvalue weighted by Crippen LogP contribution is -2.39. The van der Waals surface area contributed by atoms with Crippen molar-refractivity contribution in [1.82, 2.24) is 9.80 Å². The Bertz CT molecular complexity index is 1250. The number of morpholine rings is 1. The molecular formula is C26H27FN2O4. The first-order chi connectivity index (χ1) is 16.1. The van der Waals surface area contributed by atoms with E-state index in [2.05, 4.69) is 4.90 Å². The molecule has 3 heterocycles. The molecule has 1 aromatic heterocycles. The number of hydrogen-bond donors (Lipinski definition) is 0. The predicted octanol–water partition coefficient (Wildman–Crippen LogP) is 3.76. The molecule has 1 fully saturated rings. The molecule has 1 saturated heterocycles. The van der Waals surface area contributed by atoms with Gasteiger partial charge in [-0.25, -0.2) is 4.39 Å². The van der Waals surface area contributed by atoms with E-state index in [9.17, 15) is 14.0 Å². The second kappa shape index (κ2) is 9.08. The van der Waals surface area contributed by atoms with E-state index in [1.807, 2.05) is 19.1 Å². The molecule has 0 N–H and O–H groups in total. The number of fused-ring (bicyclic) bond motifs is 2. The van der Waals surface area contributed by atoms with Crippen LogP contribution in [0.3, 0.4) is 0 Å². The van der Waals surface area contributed by atoms with E-state index in [1.165, 1.54) is 6.07 Å². The minimum Gasteiger partial charge on any atom is -0.450 e. The molecule has 1 atom stereocenters. The summed E-state index contributed by atoms with van der Waals surface area (Å²) >= 11 is 0. The summed E-state index contributed by atoms with van der Waals surface area (Å²) in [5, 5.41) is 0.428. The van der Waals surface area contributed by atoms with Crippen molar-refractivity contribution in [1.29, 1.82) is 0 Å². The number of amides is 1. The summed E-state index contributed by atoms with van der Waals surface area (Å²) in [4.78, 5) is 30.9. The number of nitrogens with zero attached hydrogens (tertiary/aromatic N) is 2. The van der Waals surface area contributed by atoms with E-state index in [1.54, 1.807) is 29.2 Å². The number of aryl methyl sites for hydroxylation is 1. The molecule has 0 aliphatic carbocycles. The Hall–Kier alpha value is -3.03. The highest BCUT2D eigenvalue weighted by Gasteiger charge is 2.43. The zero-order valence-electron chi connectivity index (χ0n) is 18.7. The minimum atomic E-state index is -0.802. The summed E-state index contributed by atoms with van der Waals surface area (Å²) in [5.74, 6) is -0.779. The van der Waals surface area contributed by atoms with Gasteiger partial charge in [-0.2, -0.15) is 0 Å². The SMILES string of the molecule is CCc1ccc2oc3c(c(=O)c2c1)C(c1ccccc1F)N(CCCN1CCOCC1)C3=O. The number of benzene rings is 2. The number of ether oxygens (including phenoxy) is 1. The second-order valence-corrected chi connectivity index (χ2v) is 8.59. The molecular weight excluding hydrogens is 423 g/mol. The monoisotopic (exact) mass is 450 g/mol. The molecule has 2 aromatic carbocycles. The quantitative estimate of drug-likeness (QED) is 0.572. The number of carbonyl (C=O) groups excluding carboxylic acids is 1. The van der Waals surface area contributed by atoms with Gasteiger partial charge in [0.15, 0.2) is 5.43 Å². The Morgan fingerprint density at radius 3 is 2.61 bits per heavy atom. The van der Waals surface area contributed by atoms with Gasteiger partial charge >= 0.3 is 0 Å². The third-order valence-corrected chi connectivity index (χ3v) is 6.62. The lowest BCUT2D eigenvalue weighted by atomic mass is 9.97. The first-order valence-corrected chi connectivity index (χ1v) is 11.5. The van der Waals surface area contributed by atoms with Crippen LogP contribution in [0.15, 0.2) is 51.7 Å². The molecule has 0 bridgehead atoms. The predicted molar refractivity (Wildman–Crippen MR) is 123 cm³/mol. The summed E-state index contributed by atoms with van der Waals surface area (Å²) in [5.41, 5.74) is 1.67. The number of carbonyl (C=O) groups is 1. The van der Waals surface area contributed by atoms with Crippen molar-refractivity contribution in [3.8, 4) is 0 Å². The molecule has 0 radical (unpaired) electrons. The van der Waals surface area contributed by atoms with Gasteiger partial charge in [-0.1, -0.05) is 31.2 Å². The summed E-state index contributed by atoms with van der Waals surface area (Å²) in [6.45, 7) is 6.34. The minimum absolute atomic E-state index is 0.0244. The summed E-state index contributed by atoms with van der Waals surface area (Å²) in [7, 11) is 0. The third-order valence-electron chi connectivity index (χ3n) is 6.62. The zero-order valence-corrected chi connectivity index (χ0v) is 18.7. The smallest absolute Gasteiger partial charge is 0.290 e. The van der Waals surface area contributed by atoms with Crippen molar-refractivity contribution in [2.75, 3.05) is 39.4 Å². The Kier molecular flexibility index (Phi) is 6.00. The van der Waals surface area contributed by atoms with Crippen LogP contribution in [-0.4, -0.2) is 55.1 Å². The van der Waals surface area contributed by atoms with Gasteiger partial charge < -0.3 is 14.1 Å². The highest BCUT2D eigenvalue weighted by Crippen LogP contribution is 2.39. The van der Waals surface area contributed by atoms with Crippen LogP contribution in [0.1, 0.15) is 46.6 Å². The molecule has 0 spiro atoms. The summed E-state index contributed by atoms with van der Waals surface area (Å²) in [6.07, 6.45) is 1.48. The van der Waals surface area contributed by atoms with E-state index in [-0.39, 0.29) is 22.7 Å². The zero-order chi connectivity index (χ0) is 22.9. The van der Waals surface area contributed by atoms with Gasteiger partial charge in [-0.15, -0.1) is 0 Å². The fourth-order valence-corrected chi connectivity index (χ4v) is 4.83. The highest BCUT2D eigenvalue weighted by molar-refractivity contribution is 5.99. The number of halogens is 1. The molecule has 1 amide bonds. The van der Waals surface area contributed by atoms with Crippen LogP contribution in [0.25, 0.3) is 11.0 Å². The number of rotatable bonds is 6. The Morgan fingerprint density at radius 1 is 1.06 bits per heavy atom. The first kappa shape index (κ1) is 21.8. The Labute approximate surface area is 191 Å². The molecule has 7 heteroatoms. The van der Waals surface area contributed by atoms with Gasteiger partial charge in [0.2, 0.25) is 5.76 Å². The Morgan fingerprint density at radius 2 is 1.85 bits per heavy atom. The Balaban J connectivity index is 1.56. The molecule has 3 aromatic rings. The van der Waals surface area contributed by atoms with Crippen LogP contribution in [0.4, 0.5) is 4.39 Å². The molecule has 6 nitrogen and oxygen atoms in total. The second-order valence-electron chi connectivity index (χ2n) is 8.59. The van der Waals surface area contributed by atoms with Gasteiger partial charge in [0, 0.05) is 31.7 Å². The lowest BCUT2D eigenvalue weighted by Gasteiger charge is -2.29. The van der Waals surface area contributed by atoms with Crippen LogP contribution >= 0.6 is 0 Å². The van der Waals surface area contributed by atoms with Gasteiger partial charge in [-0.3, -0.25) is 14.5 Å². The van der Waals surface area contributed by atoms with E-state index in [0.29, 0.717) is 42.7 Å². The van der Waals surface area contributed by atoms with Crippen LogP contribution in [0, 0.1) is 5.82 Å². The molecule has 5 rings (SSSR count). The summed E-state index contributed by atoms with van der Waals surface area (Å²) < 4.78 is 26.3. The van der Waals surface area contributed by atoms with Crippen LogP contribution in [0.5, 0.6) is 0 Å². The van der Waals surface area contributed by atoms with E-state index >= 15 is 0 Å². The van der Waals surface area contributed by atoms with Crippen molar-refractivity contribution >= 4 is 16.9 Å². The van der Waals surface area contributed by atoms with Crippen molar-refractivity contribution < 1.29 is 18.3 Å². The van der Waals surface area contributed by atoms with E-state index < -0.39 is 11.9 Å². The van der Waals surface area contributed by atoms with E-state index in [0.717, 1.165) is 31.6 Å². The largest absolute Gasteiger partial charge is 0.450 e. The molecule has 33 heavy (non-hydrogen) atoms. The molecule has 2 aliphatic rings. The van der Waals surface area contributed by atoms with Crippen molar-refractivity contribution in [3.63, 3.8) is 0 Å². The molecule has 0 saturated carbocycles. The first-order valence-electron chi connectivity index (χ1n) is 11.5. The molecule has 172 valence electrons. The third kappa shape index (κ3) is 3.96. The van der Waals surface area contributed by atoms with Gasteiger partial charge in [0.1, 0.15) is 11.4 Å². The van der Waals surface area contributed by atoms with Crippen molar-refractivity contribution in [2.45, 2.75) is 25.8 Å². The standard InChI is InChI=1S/C26H27FN2O4/c1-2-17-8-9-21-19(16-17)24(30)22-23(18-6-3-4-7-20(18)27)29(26(31)25(22)33-21)11-5-10-28-12-14-32-15-13-28/h3-4,6-9,16,23H,2,5,10-15H2,1H3. The van der Waals surface area contributed by atoms with Crippen LogP contribution in [0.2, 0.25) is 0 Å². The van der Waals surface area contributed by atoms with Gasteiger partial charge in [0.05, 0.1) is 30.2 Å². The van der Waals surface area contributed by atoms with E-state index in [4.69, 9.17) is 9.15 Å². The van der Waals surface area contributed by atoms with Crippen LogP contribution < -0.4 is 5.43 Å². The molecule has 1 unspecified atom stereocenters. The topological polar surface area (TPSA) is 63.0 Å². The lowest BCUT2D eigenvalue weighted by molar-refractivity contribution is 0.0353. The normalized spacial score (nSPS) is 18.8. The average molecular weight is 451 g/mol. The van der Waals surface area contributed by atoms with Crippen LogP contribution in [-0.2, 0) is 11.2 Å². The van der Waals surface area contributed by atoms with Crippen molar-refractivity contribution in [2.24, 2.45) is 0 Å². The summed E-state index contributed by atoms with van der Waals surface area (Å²) in [6, 6.07) is 11.0. The van der Waals surface area contributed by atoms with Gasteiger partial charge in [0.25, 0.3) is 5.91 Å². The maximum Gasteiger partial charge on any atom is 0.290 e. The highest BCUT2D eigenvalue weighted by atomic mass is 19.1. The van der Waals surface area contributed by atoms with Gasteiger partial charge in [-0.05, 0) is 36.6 Å².